The summed E-state index contributed by atoms with van der Waals surface area (Å²) >= 11 is 0. The van der Waals surface area contributed by atoms with Crippen molar-refractivity contribution in [2.45, 2.75) is 39.3 Å². The minimum Gasteiger partial charge on any atom is -0.349 e. The maximum atomic E-state index is 12.9. The van der Waals surface area contributed by atoms with Gasteiger partial charge in [-0.2, -0.15) is 0 Å². The van der Waals surface area contributed by atoms with Crippen molar-refractivity contribution in [3.63, 3.8) is 0 Å². The van der Waals surface area contributed by atoms with Crippen molar-refractivity contribution in [3.05, 3.63) is 77.0 Å². The molecule has 1 fully saturated rings. The van der Waals surface area contributed by atoms with Crippen LogP contribution in [0.15, 0.2) is 54.6 Å². The molecule has 1 saturated heterocycles. The molecule has 0 saturated carbocycles. The standard InChI is InChI=1S/C24H27N3O/c1-17-8-9-23-20(14-17)15-22(18(2)25-23)24(28)26-21-10-12-27(13-11-21)16-19-6-4-3-5-7-19/h3-9,14-15,21H,10-13,16H2,1-2H3,(H,26,28). The number of rotatable bonds is 4. The molecule has 2 aromatic carbocycles. The van der Waals surface area contributed by atoms with Crippen molar-refractivity contribution in [2.75, 3.05) is 13.1 Å². The second kappa shape index (κ2) is 8.11. The van der Waals surface area contributed by atoms with Crippen LogP contribution in [0.1, 0.15) is 40.0 Å². The lowest BCUT2D eigenvalue weighted by Gasteiger charge is -2.32. The fourth-order valence-electron chi connectivity index (χ4n) is 3.96. The normalized spacial score (nSPS) is 15.6. The van der Waals surface area contributed by atoms with Crippen molar-refractivity contribution in [1.82, 2.24) is 15.2 Å². The van der Waals surface area contributed by atoms with E-state index in [0.717, 1.165) is 49.1 Å². The van der Waals surface area contributed by atoms with Gasteiger partial charge < -0.3 is 5.32 Å². The number of benzene rings is 2. The van der Waals surface area contributed by atoms with Gasteiger partial charge in [-0.3, -0.25) is 14.7 Å². The quantitative estimate of drug-likeness (QED) is 0.744. The average molecular weight is 374 g/mol. The molecule has 0 unspecified atom stereocenters. The Labute approximate surface area is 166 Å². The monoisotopic (exact) mass is 373 g/mol. The number of piperidine rings is 1. The van der Waals surface area contributed by atoms with Crippen LogP contribution < -0.4 is 5.32 Å². The van der Waals surface area contributed by atoms with Gasteiger partial charge in [-0.15, -0.1) is 0 Å². The van der Waals surface area contributed by atoms with Gasteiger partial charge in [-0.1, -0.05) is 42.0 Å². The third-order valence-electron chi connectivity index (χ3n) is 5.58. The Morgan fingerprint density at radius 2 is 1.82 bits per heavy atom. The van der Waals surface area contributed by atoms with Gasteiger partial charge in [0.15, 0.2) is 0 Å². The molecule has 4 heteroatoms. The van der Waals surface area contributed by atoms with Crippen LogP contribution in [-0.2, 0) is 6.54 Å². The molecule has 0 atom stereocenters. The smallest absolute Gasteiger partial charge is 0.253 e. The largest absolute Gasteiger partial charge is 0.349 e. The summed E-state index contributed by atoms with van der Waals surface area (Å²) in [4.78, 5) is 20.0. The first-order chi connectivity index (χ1) is 13.6. The summed E-state index contributed by atoms with van der Waals surface area (Å²) in [5.74, 6) is -0.00471. The zero-order valence-corrected chi connectivity index (χ0v) is 16.6. The highest BCUT2D eigenvalue weighted by Gasteiger charge is 2.22. The van der Waals surface area contributed by atoms with Crippen molar-refractivity contribution < 1.29 is 4.79 Å². The molecule has 3 aromatic rings. The number of aryl methyl sites for hydroxylation is 2. The highest BCUT2D eigenvalue weighted by Crippen LogP contribution is 2.19. The summed E-state index contributed by atoms with van der Waals surface area (Å²) in [7, 11) is 0. The zero-order chi connectivity index (χ0) is 19.5. The molecule has 2 heterocycles. The van der Waals surface area contributed by atoms with E-state index in [1.165, 1.54) is 11.1 Å². The summed E-state index contributed by atoms with van der Waals surface area (Å²) < 4.78 is 0. The molecule has 0 aliphatic carbocycles. The molecule has 1 amide bonds. The van der Waals surface area contributed by atoms with Gasteiger partial charge in [0.05, 0.1) is 16.8 Å². The third-order valence-corrected chi connectivity index (χ3v) is 5.58. The first kappa shape index (κ1) is 18.6. The van der Waals surface area contributed by atoms with Gasteiger partial charge in [0.25, 0.3) is 5.91 Å². The Kier molecular flexibility index (Phi) is 5.40. The minimum absolute atomic E-state index is 0.00471. The van der Waals surface area contributed by atoms with E-state index >= 15 is 0 Å². The predicted octanol–water partition coefficient (Wildman–Crippen LogP) is 4.25. The number of fused-ring (bicyclic) bond motifs is 1. The van der Waals surface area contributed by atoms with E-state index in [1.807, 2.05) is 19.1 Å². The van der Waals surface area contributed by atoms with Crippen molar-refractivity contribution in [1.29, 1.82) is 0 Å². The maximum Gasteiger partial charge on any atom is 0.253 e. The second-order valence-corrected chi connectivity index (χ2v) is 7.83. The van der Waals surface area contributed by atoms with Crippen LogP contribution in [-0.4, -0.2) is 34.9 Å². The van der Waals surface area contributed by atoms with Crippen LogP contribution in [0.25, 0.3) is 10.9 Å². The van der Waals surface area contributed by atoms with Crippen LogP contribution in [0.2, 0.25) is 0 Å². The minimum atomic E-state index is -0.00471. The van der Waals surface area contributed by atoms with Crippen LogP contribution in [0.5, 0.6) is 0 Å². The van der Waals surface area contributed by atoms with Crippen molar-refractivity contribution in [3.8, 4) is 0 Å². The number of likely N-dealkylation sites (tertiary alicyclic amines) is 1. The van der Waals surface area contributed by atoms with E-state index in [9.17, 15) is 4.79 Å². The summed E-state index contributed by atoms with van der Waals surface area (Å²) in [5.41, 5.74) is 4.93. The Balaban J connectivity index is 1.38. The first-order valence-corrected chi connectivity index (χ1v) is 10.0. The average Bonchev–Trinajstić information content (AvgIpc) is 2.70. The number of amides is 1. The van der Waals surface area contributed by atoms with Crippen LogP contribution >= 0.6 is 0 Å². The van der Waals surface area contributed by atoms with Crippen LogP contribution in [0.4, 0.5) is 0 Å². The number of hydrogen-bond donors (Lipinski definition) is 1. The number of carbonyl (C=O) groups excluding carboxylic acids is 1. The fourth-order valence-corrected chi connectivity index (χ4v) is 3.96. The van der Waals surface area contributed by atoms with E-state index in [1.54, 1.807) is 0 Å². The molecule has 1 aliphatic heterocycles. The fraction of sp³-hybridized carbons (Fsp3) is 0.333. The Morgan fingerprint density at radius 1 is 1.07 bits per heavy atom. The molecule has 1 N–H and O–H groups in total. The molecule has 0 bridgehead atoms. The molecule has 1 aliphatic rings. The topological polar surface area (TPSA) is 45.2 Å². The van der Waals surface area contributed by atoms with E-state index in [4.69, 9.17) is 0 Å². The van der Waals surface area contributed by atoms with Crippen molar-refractivity contribution in [2.24, 2.45) is 0 Å². The maximum absolute atomic E-state index is 12.9. The summed E-state index contributed by atoms with van der Waals surface area (Å²) in [6.45, 7) is 6.97. The van der Waals surface area contributed by atoms with Gasteiger partial charge in [0.1, 0.15) is 0 Å². The SMILES string of the molecule is Cc1ccc2nc(C)c(C(=O)NC3CCN(Cc4ccccc4)CC3)cc2c1. The molecule has 0 spiro atoms. The Morgan fingerprint density at radius 3 is 2.57 bits per heavy atom. The van der Waals surface area contributed by atoms with Gasteiger partial charge in [0, 0.05) is 31.1 Å². The number of carbonyl (C=O) groups is 1. The first-order valence-electron chi connectivity index (χ1n) is 10.0. The number of nitrogens with one attached hydrogen (secondary N) is 1. The zero-order valence-electron chi connectivity index (χ0n) is 16.6. The predicted molar refractivity (Wildman–Crippen MR) is 113 cm³/mol. The Hall–Kier alpha value is -2.72. The molecule has 0 radical (unpaired) electrons. The number of nitrogens with zero attached hydrogens (tertiary/aromatic N) is 2. The lowest BCUT2D eigenvalue weighted by molar-refractivity contribution is 0.0908. The molecule has 1 aromatic heterocycles. The van der Waals surface area contributed by atoms with Gasteiger partial charge >= 0.3 is 0 Å². The van der Waals surface area contributed by atoms with E-state index in [-0.39, 0.29) is 11.9 Å². The highest BCUT2D eigenvalue weighted by molar-refractivity contribution is 5.98. The van der Waals surface area contributed by atoms with Gasteiger partial charge in [-0.25, -0.2) is 0 Å². The number of aromatic nitrogens is 1. The van der Waals surface area contributed by atoms with Crippen molar-refractivity contribution >= 4 is 16.8 Å². The second-order valence-electron chi connectivity index (χ2n) is 7.83. The summed E-state index contributed by atoms with van der Waals surface area (Å²) in [5, 5.41) is 4.26. The molecular formula is C24H27N3O. The van der Waals surface area contributed by atoms with E-state index < -0.39 is 0 Å². The number of pyridine rings is 1. The van der Waals surface area contributed by atoms with Gasteiger partial charge in [-0.05, 0) is 50.5 Å². The molecule has 144 valence electrons. The van der Waals surface area contributed by atoms with E-state index in [2.05, 4.69) is 64.6 Å². The molecule has 4 rings (SSSR count). The molecule has 4 nitrogen and oxygen atoms in total. The Bertz CT molecular complexity index is 976. The number of hydrogen-bond acceptors (Lipinski definition) is 3. The summed E-state index contributed by atoms with van der Waals surface area (Å²) in [6, 6.07) is 18.9. The van der Waals surface area contributed by atoms with Crippen LogP contribution in [0.3, 0.4) is 0 Å². The molecular weight excluding hydrogens is 346 g/mol. The molecule has 28 heavy (non-hydrogen) atoms. The van der Waals surface area contributed by atoms with Crippen LogP contribution in [0, 0.1) is 13.8 Å². The lowest BCUT2D eigenvalue weighted by atomic mass is 10.0. The van der Waals surface area contributed by atoms with Gasteiger partial charge in [0.2, 0.25) is 0 Å². The highest BCUT2D eigenvalue weighted by atomic mass is 16.1. The van der Waals surface area contributed by atoms with E-state index in [0.29, 0.717) is 5.56 Å². The third kappa shape index (κ3) is 4.23. The lowest BCUT2D eigenvalue weighted by Crippen LogP contribution is -2.44. The summed E-state index contributed by atoms with van der Waals surface area (Å²) in [6.07, 6.45) is 1.97.